The average Bonchev–Trinajstić information content (AvgIpc) is 3.47. The summed E-state index contributed by atoms with van der Waals surface area (Å²) >= 11 is 0. The van der Waals surface area contributed by atoms with E-state index in [1.54, 1.807) is 6.20 Å². The van der Waals surface area contributed by atoms with Crippen LogP contribution >= 0.6 is 0 Å². The van der Waals surface area contributed by atoms with Crippen molar-refractivity contribution in [1.29, 1.82) is 5.26 Å². The van der Waals surface area contributed by atoms with Crippen molar-refractivity contribution in [1.82, 2.24) is 4.98 Å². The molecule has 1 saturated carbocycles. The first-order valence-electron chi connectivity index (χ1n) is 9.14. The zero-order valence-corrected chi connectivity index (χ0v) is 15.8. The van der Waals surface area contributed by atoms with E-state index >= 15 is 0 Å². The standard InChI is InChI=1S/C22H21N5O/c1-27(2)20-6-4-3-5-16(20)13-7-14-10-21(25-12-18(14)19(24)9-13)26-22(28)17-8-15(17)11-23/h3-7,9-10,12,15,17H,8,24H2,1-2H3,(H,25,26,28)/t15-,17+/m0/s1. The van der Waals surface area contributed by atoms with Crippen LogP contribution in [0.4, 0.5) is 17.2 Å². The number of anilines is 3. The topological polar surface area (TPSA) is 95.0 Å². The van der Waals surface area contributed by atoms with Gasteiger partial charge in [-0.1, -0.05) is 18.2 Å². The summed E-state index contributed by atoms with van der Waals surface area (Å²) in [7, 11) is 4.01. The Hall–Kier alpha value is -3.59. The summed E-state index contributed by atoms with van der Waals surface area (Å²) in [6, 6.07) is 16.1. The molecule has 0 saturated heterocycles. The van der Waals surface area contributed by atoms with Gasteiger partial charge in [0.1, 0.15) is 5.82 Å². The smallest absolute Gasteiger partial charge is 0.230 e. The highest BCUT2D eigenvalue weighted by molar-refractivity contribution is 6.00. The molecule has 1 aliphatic carbocycles. The van der Waals surface area contributed by atoms with E-state index in [9.17, 15) is 4.79 Å². The number of rotatable bonds is 4. The number of pyridine rings is 1. The third kappa shape index (κ3) is 3.23. The monoisotopic (exact) mass is 371 g/mol. The molecule has 28 heavy (non-hydrogen) atoms. The molecule has 6 nitrogen and oxygen atoms in total. The van der Waals surface area contributed by atoms with E-state index in [0.29, 0.717) is 17.9 Å². The highest BCUT2D eigenvalue weighted by atomic mass is 16.2. The van der Waals surface area contributed by atoms with Gasteiger partial charge in [0, 0.05) is 42.6 Å². The normalized spacial score (nSPS) is 17.8. The molecule has 0 unspecified atom stereocenters. The Labute approximate surface area is 163 Å². The predicted molar refractivity (Wildman–Crippen MR) is 112 cm³/mol. The molecule has 1 fully saturated rings. The summed E-state index contributed by atoms with van der Waals surface area (Å²) in [4.78, 5) is 18.6. The Morgan fingerprint density at radius 3 is 2.79 bits per heavy atom. The van der Waals surface area contributed by atoms with Gasteiger partial charge in [0.15, 0.2) is 0 Å². The highest BCUT2D eigenvalue weighted by Gasteiger charge is 2.43. The Morgan fingerprint density at radius 2 is 2.07 bits per heavy atom. The van der Waals surface area contributed by atoms with Crippen LogP contribution in [0.5, 0.6) is 0 Å². The molecule has 1 aromatic heterocycles. The molecule has 3 aromatic rings. The molecule has 140 valence electrons. The zero-order chi connectivity index (χ0) is 19.8. The van der Waals surface area contributed by atoms with Crippen LogP contribution in [0.15, 0.2) is 48.7 Å². The van der Waals surface area contributed by atoms with E-state index in [-0.39, 0.29) is 17.7 Å². The number of hydrogen-bond acceptors (Lipinski definition) is 5. The van der Waals surface area contributed by atoms with Gasteiger partial charge < -0.3 is 16.0 Å². The van der Waals surface area contributed by atoms with Crippen molar-refractivity contribution in [3.05, 3.63) is 48.7 Å². The number of carbonyl (C=O) groups excluding carboxylic acids is 1. The Morgan fingerprint density at radius 1 is 1.29 bits per heavy atom. The SMILES string of the molecule is CN(C)c1ccccc1-c1cc(N)c2cnc(NC(=O)[C@@H]3C[C@H]3C#N)cc2c1. The lowest BCUT2D eigenvalue weighted by molar-refractivity contribution is -0.117. The molecule has 1 amide bonds. The summed E-state index contributed by atoms with van der Waals surface area (Å²) in [6.07, 6.45) is 2.30. The van der Waals surface area contributed by atoms with E-state index in [4.69, 9.17) is 11.0 Å². The summed E-state index contributed by atoms with van der Waals surface area (Å²) in [5.41, 5.74) is 10.1. The molecule has 0 aliphatic heterocycles. The summed E-state index contributed by atoms with van der Waals surface area (Å²) < 4.78 is 0. The van der Waals surface area contributed by atoms with Crippen LogP contribution in [0, 0.1) is 23.2 Å². The number of nitriles is 1. The van der Waals surface area contributed by atoms with Crippen LogP contribution < -0.4 is 16.0 Å². The van der Waals surface area contributed by atoms with Crippen LogP contribution in [0.25, 0.3) is 21.9 Å². The maximum absolute atomic E-state index is 12.2. The third-order valence-corrected chi connectivity index (χ3v) is 5.11. The van der Waals surface area contributed by atoms with E-state index < -0.39 is 0 Å². The highest BCUT2D eigenvalue weighted by Crippen LogP contribution is 2.39. The third-order valence-electron chi connectivity index (χ3n) is 5.11. The minimum absolute atomic E-state index is 0.152. The number of hydrogen-bond donors (Lipinski definition) is 2. The van der Waals surface area contributed by atoms with Gasteiger partial charge >= 0.3 is 0 Å². The number of para-hydroxylation sites is 1. The zero-order valence-electron chi connectivity index (χ0n) is 15.8. The molecular formula is C22H21N5O. The first-order chi connectivity index (χ1) is 13.5. The predicted octanol–water partition coefficient (Wildman–Crippen LogP) is 3.65. The van der Waals surface area contributed by atoms with Crippen LogP contribution in [0.1, 0.15) is 6.42 Å². The molecule has 0 bridgehead atoms. The molecule has 0 spiro atoms. The van der Waals surface area contributed by atoms with Crippen molar-refractivity contribution in [3.63, 3.8) is 0 Å². The fourth-order valence-electron chi connectivity index (χ4n) is 3.46. The fourth-order valence-corrected chi connectivity index (χ4v) is 3.46. The lowest BCUT2D eigenvalue weighted by atomic mass is 9.99. The van der Waals surface area contributed by atoms with Crippen molar-refractivity contribution in [3.8, 4) is 17.2 Å². The van der Waals surface area contributed by atoms with Gasteiger partial charge in [0.25, 0.3) is 0 Å². The molecule has 3 N–H and O–H groups in total. The number of carbonyl (C=O) groups is 1. The van der Waals surface area contributed by atoms with Gasteiger partial charge in [0.2, 0.25) is 5.91 Å². The first kappa shape index (κ1) is 17.8. The second-order valence-electron chi connectivity index (χ2n) is 7.33. The number of aromatic nitrogens is 1. The number of fused-ring (bicyclic) bond motifs is 1. The largest absolute Gasteiger partial charge is 0.398 e. The van der Waals surface area contributed by atoms with Crippen LogP contribution in [-0.2, 0) is 4.79 Å². The quantitative estimate of drug-likeness (QED) is 0.683. The summed E-state index contributed by atoms with van der Waals surface area (Å²) in [6.45, 7) is 0. The van der Waals surface area contributed by atoms with Gasteiger partial charge in [-0.2, -0.15) is 5.26 Å². The van der Waals surface area contributed by atoms with Crippen molar-refractivity contribution < 1.29 is 4.79 Å². The minimum atomic E-state index is -0.231. The lowest BCUT2D eigenvalue weighted by Crippen LogP contribution is -2.15. The molecule has 1 aliphatic rings. The molecule has 4 rings (SSSR count). The van der Waals surface area contributed by atoms with Crippen LogP contribution in [-0.4, -0.2) is 25.0 Å². The number of nitrogen functional groups attached to an aromatic ring is 1. The van der Waals surface area contributed by atoms with Gasteiger partial charge in [-0.05, 0) is 41.6 Å². The van der Waals surface area contributed by atoms with Gasteiger partial charge in [-0.25, -0.2) is 4.98 Å². The van der Waals surface area contributed by atoms with Crippen LogP contribution in [0.3, 0.4) is 0 Å². The van der Waals surface area contributed by atoms with Gasteiger partial charge in [0.05, 0.1) is 17.9 Å². The number of nitrogens with zero attached hydrogens (tertiary/aromatic N) is 3. The summed E-state index contributed by atoms with van der Waals surface area (Å²) in [5, 5.41) is 13.5. The lowest BCUT2D eigenvalue weighted by Gasteiger charge is -2.18. The van der Waals surface area contributed by atoms with Crippen molar-refractivity contribution >= 4 is 33.9 Å². The van der Waals surface area contributed by atoms with E-state index in [1.165, 1.54) is 0 Å². The summed E-state index contributed by atoms with van der Waals surface area (Å²) in [5.74, 6) is -0.0878. The Kier molecular flexibility index (Phi) is 4.36. The maximum Gasteiger partial charge on any atom is 0.230 e. The van der Waals surface area contributed by atoms with Crippen molar-refractivity contribution in [2.24, 2.45) is 11.8 Å². The fraction of sp³-hybridized carbons (Fsp3) is 0.227. The molecule has 0 radical (unpaired) electrons. The maximum atomic E-state index is 12.2. The number of benzene rings is 2. The van der Waals surface area contributed by atoms with Gasteiger partial charge in [-0.15, -0.1) is 0 Å². The van der Waals surface area contributed by atoms with E-state index in [2.05, 4.69) is 39.5 Å². The van der Waals surface area contributed by atoms with E-state index in [0.717, 1.165) is 27.6 Å². The molecule has 2 aromatic carbocycles. The molecule has 6 heteroatoms. The Bertz CT molecular complexity index is 1120. The number of amides is 1. The average molecular weight is 371 g/mol. The Balaban J connectivity index is 1.71. The first-order valence-corrected chi connectivity index (χ1v) is 9.14. The molecular weight excluding hydrogens is 350 g/mol. The molecule has 1 heterocycles. The van der Waals surface area contributed by atoms with Crippen molar-refractivity contribution in [2.75, 3.05) is 30.0 Å². The number of nitrogens with one attached hydrogen (secondary N) is 1. The second kappa shape index (κ2) is 6.86. The second-order valence-corrected chi connectivity index (χ2v) is 7.33. The van der Waals surface area contributed by atoms with Gasteiger partial charge in [-0.3, -0.25) is 4.79 Å². The van der Waals surface area contributed by atoms with Crippen molar-refractivity contribution in [2.45, 2.75) is 6.42 Å². The van der Waals surface area contributed by atoms with E-state index in [1.807, 2.05) is 38.4 Å². The number of nitrogens with two attached hydrogens (primary N) is 1. The molecule has 2 atom stereocenters. The minimum Gasteiger partial charge on any atom is -0.398 e. The van der Waals surface area contributed by atoms with Crippen LogP contribution in [0.2, 0.25) is 0 Å².